The molecule has 28 heavy (non-hydrogen) atoms. The largest absolute Gasteiger partial charge is 0.411 e. The second-order valence-electron chi connectivity index (χ2n) is 8.38. The molecular weight excluding hydrogens is 448 g/mol. The van der Waals surface area contributed by atoms with E-state index in [9.17, 15) is 14.7 Å². The molecule has 1 aliphatic heterocycles. The number of rotatable bonds is 6. The summed E-state index contributed by atoms with van der Waals surface area (Å²) in [7, 11) is -0.772. The number of halogens is 1. The van der Waals surface area contributed by atoms with E-state index in [1.807, 2.05) is 0 Å². The molecule has 10 heteroatoms. The molecule has 0 aliphatic carbocycles. The Morgan fingerprint density at radius 2 is 2.07 bits per heavy atom. The maximum Gasteiger partial charge on any atom is 0.330 e. The van der Waals surface area contributed by atoms with Gasteiger partial charge in [-0.05, 0) is 29.2 Å². The predicted octanol–water partition coefficient (Wildman–Crippen LogP) is 2.54. The minimum Gasteiger partial charge on any atom is -0.411 e. The third-order valence-corrected chi connectivity index (χ3v) is 10.2. The van der Waals surface area contributed by atoms with E-state index in [0.717, 1.165) is 0 Å². The van der Waals surface area contributed by atoms with Crippen molar-refractivity contribution in [1.82, 2.24) is 9.55 Å². The molecule has 158 valence electrons. The van der Waals surface area contributed by atoms with Crippen LogP contribution in [-0.4, -0.2) is 48.6 Å². The van der Waals surface area contributed by atoms with Crippen LogP contribution in [0.15, 0.2) is 20.8 Å². The standard InChI is InChI=1S/C18H29BrN2O6Si/c1-18(2,3)28(5,6)27-12-9-13(26-14(12)16(23)25-4)21-10-11(7-8-19)15(22)20-17(21)24/h7-8,10,12-14,16,23H,9H2,1-6H3,(H,20,22,24)/b8-7+/t12-,13+,14-,16?/m0/s1. The van der Waals surface area contributed by atoms with E-state index >= 15 is 0 Å². The Morgan fingerprint density at radius 1 is 1.43 bits per heavy atom. The Morgan fingerprint density at radius 3 is 2.61 bits per heavy atom. The molecule has 4 atom stereocenters. The molecule has 0 spiro atoms. The highest BCUT2D eigenvalue weighted by Crippen LogP contribution is 2.41. The first-order chi connectivity index (χ1) is 12.9. The van der Waals surface area contributed by atoms with Crippen molar-refractivity contribution in [3.8, 4) is 0 Å². The van der Waals surface area contributed by atoms with Crippen LogP contribution < -0.4 is 11.2 Å². The average molecular weight is 477 g/mol. The number of hydrogen-bond acceptors (Lipinski definition) is 6. The van der Waals surface area contributed by atoms with E-state index in [1.54, 1.807) is 0 Å². The maximum absolute atomic E-state index is 12.3. The molecule has 0 bridgehead atoms. The average Bonchev–Trinajstić information content (AvgIpc) is 2.98. The fourth-order valence-electron chi connectivity index (χ4n) is 2.79. The van der Waals surface area contributed by atoms with Crippen LogP contribution in [0.5, 0.6) is 0 Å². The topological polar surface area (TPSA) is 103 Å². The number of aliphatic hydroxyl groups is 1. The van der Waals surface area contributed by atoms with Gasteiger partial charge in [0, 0.05) is 19.7 Å². The SMILES string of the molecule is COC(O)[C@H]1O[C@@H](n2cc(/C=C/Br)c(=O)[nH]c2=O)C[C@@H]1O[Si](C)(C)C(C)(C)C. The first-order valence-electron chi connectivity index (χ1n) is 9.07. The lowest BCUT2D eigenvalue weighted by molar-refractivity contribution is -0.182. The van der Waals surface area contributed by atoms with Gasteiger partial charge in [0.1, 0.15) is 12.3 Å². The quantitative estimate of drug-likeness (QED) is 0.482. The second kappa shape index (κ2) is 8.76. The third-order valence-electron chi connectivity index (χ3n) is 5.44. The summed E-state index contributed by atoms with van der Waals surface area (Å²) in [4.78, 5) is 28.1. The van der Waals surface area contributed by atoms with Crippen LogP contribution in [0.4, 0.5) is 0 Å². The van der Waals surface area contributed by atoms with Crippen molar-refractivity contribution in [2.24, 2.45) is 0 Å². The summed E-state index contributed by atoms with van der Waals surface area (Å²) in [5, 5.41) is 10.2. The van der Waals surface area contributed by atoms with Gasteiger partial charge in [0.2, 0.25) is 0 Å². The number of ether oxygens (including phenoxy) is 2. The minimum atomic E-state index is -2.16. The zero-order valence-electron chi connectivity index (χ0n) is 17.1. The third kappa shape index (κ3) is 4.92. The summed E-state index contributed by atoms with van der Waals surface area (Å²) in [6, 6.07) is 0. The zero-order chi connectivity index (χ0) is 21.3. The lowest BCUT2D eigenvalue weighted by Gasteiger charge is -2.39. The summed E-state index contributed by atoms with van der Waals surface area (Å²) in [5.74, 6) is 0. The predicted molar refractivity (Wildman–Crippen MR) is 113 cm³/mol. The Kier molecular flexibility index (Phi) is 7.27. The molecule has 0 radical (unpaired) electrons. The van der Waals surface area contributed by atoms with Gasteiger partial charge in [-0.25, -0.2) is 4.79 Å². The highest BCUT2D eigenvalue weighted by atomic mass is 79.9. The summed E-state index contributed by atoms with van der Waals surface area (Å²) < 4.78 is 18.8. The fraction of sp³-hybridized carbons (Fsp3) is 0.667. The van der Waals surface area contributed by atoms with Gasteiger partial charge >= 0.3 is 5.69 Å². The summed E-state index contributed by atoms with van der Waals surface area (Å²) in [6.07, 6.45) is 0.231. The van der Waals surface area contributed by atoms with Crippen molar-refractivity contribution in [2.45, 2.75) is 70.1 Å². The number of nitrogens with zero attached hydrogens (tertiary/aromatic N) is 1. The monoisotopic (exact) mass is 476 g/mol. The van der Waals surface area contributed by atoms with E-state index in [-0.39, 0.29) is 5.04 Å². The van der Waals surface area contributed by atoms with Crippen LogP contribution in [0.25, 0.3) is 6.08 Å². The van der Waals surface area contributed by atoms with E-state index in [4.69, 9.17) is 13.9 Å². The molecule has 0 amide bonds. The molecule has 1 unspecified atom stereocenters. The lowest BCUT2D eigenvalue weighted by Crippen LogP contribution is -2.48. The molecule has 1 fully saturated rings. The molecule has 1 aromatic heterocycles. The molecule has 1 aromatic rings. The molecule has 2 heterocycles. The summed E-state index contributed by atoms with van der Waals surface area (Å²) in [6.45, 7) is 10.6. The first-order valence-corrected chi connectivity index (χ1v) is 12.9. The molecular formula is C18H29BrN2O6Si. The smallest absolute Gasteiger partial charge is 0.330 e. The van der Waals surface area contributed by atoms with Crippen molar-refractivity contribution < 1.29 is 19.0 Å². The summed E-state index contributed by atoms with van der Waals surface area (Å²) in [5.41, 5.74) is -0.768. The van der Waals surface area contributed by atoms with E-state index in [0.29, 0.717) is 12.0 Å². The highest BCUT2D eigenvalue weighted by Gasteiger charge is 2.47. The molecule has 8 nitrogen and oxygen atoms in total. The van der Waals surface area contributed by atoms with Crippen LogP contribution in [-0.2, 0) is 13.9 Å². The minimum absolute atomic E-state index is 0.0314. The normalized spacial score (nSPS) is 24.8. The Hall–Kier alpha value is -1.04. The first kappa shape index (κ1) is 23.2. The number of H-pyrrole nitrogens is 1. The Balaban J connectivity index is 2.38. The van der Waals surface area contributed by atoms with Crippen molar-refractivity contribution in [3.63, 3.8) is 0 Å². The number of nitrogens with one attached hydrogen (secondary N) is 1. The molecule has 2 rings (SSSR count). The van der Waals surface area contributed by atoms with Crippen LogP contribution in [0.3, 0.4) is 0 Å². The van der Waals surface area contributed by atoms with E-state index in [1.165, 1.54) is 28.9 Å². The van der Waals surface area contributed by atoms with Crippen LogP contribution in [0.1, 0.15) is 39.0 Å². The Labute approximate surface area is 173 Å². The maximum atomic E-state index is 12.3. The van der Waals surface area contributed by atoms with Gasteiger partial charge in [0.15, 0.2) is 14.6 Å². The van der Waals surface area contributed by atoms with Gasteiger partial charge < -0.3 is 19.0 Å². The molecule has 1 aliphatic rings. The van der Waals surface area contributed by atoms with Gasteiger partial charge in [-0.3, -0.25) is 14.3 Å². The molecule has 1 saturated heterocycles. The fourth-order valence-corrected chi connectivity index (χ4v) is 4.42. The van der Waals surface area contributed by atoms with Gasteiger partial charge in [-0.15, -0.1) is 0 Å². The van der Waals surface area contributed by atoms with Gasteiger partial charge in [0.25, 0.3) is 5.56 Å². The van der Waals surface area contributed by atoms with Gasteiger partial charge in [-0.1, -0.05) is 36.7 Å². The van der Waals surface area contributed by atoms with E-state index < -0.39 is 44.3 Å². The Bertz CT molecular complexity index is 829. The molecule has 0 aromatic carbocycles. The number of aromatic amines is 1. The number of methoxy groups -OCH3 is 1. The summed E-state index contributed by atoms with van der Waals surface area (Å²) >= 11 is 3.13. The van der Waals surface area contributed by atoms with Crippen molar-refractivity contribution in [1.29, 1.82) is 0 Å². The highest BCUT2D eigenvalue weighted by molar-refractivity contribution is 9.11. The van der Waals surface area contributed by atoms with Crippen molar-refractivity contribution in [2.75, 3.05) is 7.11 Å². The van der Waals surface area contributed by atoms with Gasteiger partial charge in [0.05, 0.1) is 11.7 Å². The van der Waals surface area contributed by atoms with Crippen molar-refractivity contribution >= 4 is 30.3 Å². The van der Waals surface area contributed by atoms with Gasteiger partial charge in [-0.2, -0.15) is 0 Å². The number of aliphatic hydroxyl groups excluding tert-OH is 1. The van der Waals surface area contributed by atoms with Crippen LogP contribution in [0.2, 0.25) is 18.1 Å². The zero-order valence-corrected chi connectivity index (χ0v) is 19.6. The molecule has 0 saturated carbocycles. The molecule has 2 N–H and O–H groups in total. The van der Waals surface area contributed by atoms with Crippen molar-refractivity contribution in [3.05, 3.63) is 37.6 Å². The van der Waals surface area contributed by atoms with Crippen LogP contribution in [0, 0.1) is 0 Å². The number of hydrogen-bond donors (Lipinski definition) is 2. The van der Waals surface area contributed by atoms with E-state index in [2.05, 4.69) is 54.8 Å². The lowest BCUT2D eigenvalue weighted by atomic mass is 10.1. The number of aromatic nitrogens is 2. The van der Waals surface area contributed by atoms with Crippen LogP contribution >= 0.6 is 15.9 Å². The second-order valence-corrected chi connectivity index (χ2v) is 13.7.